The second kappa shape index (κ2) is 6.26. The maximum absolute atomic E-state index is 11.5. The van der Waals surface area contributed by atoms with Gasteiger partial charge < -0.3 is 10.6 Å². The number of nitriles is 1. The zero-order chi connectivity index (χ0) is 12.8. The Morgan fingerprint density at radius 2 is 2.24 bits per heavy atom. The molecule has 1 unspecified atom stereocenters. The number of nitrogens with one attached hydrogen (secondary N) is 2. The Balaban J connectivity index is 2.78. The van der Waals surface area contributed by atoms with Crippen LogP contribution in [0.25, 0.3) is 0 Å². The SMILES string of the molecule is CCNC(=O)C(C)Nc1cc(Br)cc(C#N)c1. The van der Waals surface area contributed by atoms with Gasteiger partial charge in [0.15, 0.2) is 0 Å². The lowest BCUT2D eigenvalue weighted by atomic mass is 10.2. The molecule has 2 N–H and O–H groups in total. The van der Waals surface area contributed by atoms with Crippen LogP contribution in [0.2, 0.25) is 0 Å². The summed E-state index contributed by atoms with van der Waals surface area (Å²) < 4.78 is 0.808. The van der Waals surface area contributed by atoms with Gasteiger partial charge >= 0.3 is 0 Å². The Kier molecular flexibility index (Phi) is 4.98. The molecule has 0 heterocycles. The Hall–Kier alpha value is -1.54. The fraction of sp³-hybridized carbons (Fsp3) is 0.333. The smallest absolute Gasteiger partial charge is 0.242 e. The van der Waals surface area contributed by atoms with Crippen molar-refractivity contribution in [2.24, 2.45) is 0 Å². The Labute approximate surface area is 109 Å². The maximum atomic E-state index is 11.5. The van der Waals surface area contributed by atoms with Crippen molar-refractivity contribution in [3.63, 3.8) is 0 Å². The van der Waals surface area contributed by atoms with Crippen LogP contribution in [-0.4, -0.2) is 18.5 Å². The highest BCUT2D eigenvalue weighted by Gasteiger charge is 2.11. The standard InChI is InChI=1S/C12H14BrN3O/c1-3-15-12(17)8(2)16-11-5-9(7-14)4-10(13)6-11/h4-6,8,16H,3H2,1-2H3,(H,15,17). The van der Waals surface area contributed by atoms with Gasteiger partial charge in [-0.25, -0.2) is 0 Å². The van der Waals surface area contributed by atoms with Gasteiger partial charge in [0.25, 0.3) is 0 Å². The number of benzene rings is 1. The first-order chi connectivity index (χ1) is 8.06. The first-order valence-electron chi connectivity index (χ1n) is 5.31. The van der Waals surface area contributed by atoms with Crippen molar-refractivity contribution >= 4 is 27.5 Å². The molecule has 1 aromatic carbocycles. The van der Waals surface area contributed by atoms with Crippen LogP contribution >= 0.6 is 15.9 Å². The zero-order valence-corrected chi connectivity index (χ0v) is 11.3. The third-order valence-corrected chi connectivity index (χ3v) is 2.61. The molecule has 1 atom stereocenters. The highest BCUT2D eigenvalue weighted by molar-refractivity contribution is 9.10. The van der Waals surface area contributed by atoms with Crippen LogP contribution in [0.1, 0.15) is 19.4 Å². The number of likely N-dealkylation sites (N-methyl/N-ethyl adjacent to an activating group) is 1. The molecule has 1 aromatic rings. The van der Waals surface area contributed by atoms with Crippen molar-refractivity contribution in [1.29, 1.82) is 5.26 Å². The normalized spacial score (nSPS) is 11.4. The van der Waals surface area contributed by atoms with Crippen LogP contribution in [0.4, 0.5) is 5.69 Å². The molecule has 0 aliphatic heterocycles. The van der Waals surface area contributed by atoms with Crippen LogP contribution in [0.5, 0.6) is 0 Å². The number of carbonyl (C=O) groups excluding carboxylic acids is 1. The van der Waals surface area contributed by atoms with Gasteiger partial charge in [-0.1, -0.05) is 15.9 Å². The predicted octanol–water partition coefficient (Wildman–Crippen LogP) is 2.26. The topological polar surface area (TPSA) is 64.9 Å². The number of hydrogen-bond acceptors (Lipinski definition) is 3. The molecule has 0 bridgehead atoms. The van der Waals surface area contributed by atoms with E-state index in [2.05, 4.69) is 32.6 Å². The number of amides is 1. The van der Waals surface area contributed by atoms with Crippen molar-refractivity contribution in [3.05, 3.63) is 28.2 Å². The molecule has 0 aliphatic carbocycles. The van der Waals surface area contributed by atoms with Crippen molar-refractivity contribution < 1.29 is 4.79 Å². The number of halogens is 1. The molecule has 17 heavy (non-hydrogen) atoms. The summed E-state index contributed by atoms with van der Waals surface area (Å²) >= 11 is 3.32. The summed E-state index contributed by atoms with van der Waals surface area (Å²) in [5, 5.41) is 14.6. The highest BCUT2D eigenvalue weighted by Crippen LogP contribution is 2.19. The number of nitrogens with zero attached hydrogens (tertiary/aromatic N) is 1. The molecule has 5 heteroatoms. The summed E-state index contributed by atoms with van der Waals surface area (Å²) in [6.45, 7) is 4.25. The minimum absolute atomic E-state index is 0.0639. The van der Waals surface area contributed by atoms with Gasteiger partial charge in [-0.15, -0.1) is 0 Å². The summed E-state index contributed by atoms with van der Waals surface area (Å²) in [5.41, 5.74) is 1.29. The minimum Gasteiger partial charge on any atom is -0.374 e. The summed E-state index contributed by atoms with van der Waals surface area (Å²) in [5.74, 6) is -0.0639. The van der Waals surface area contributed by atoms with E-state index in [4.69, 9.17) is 5.26 Å². The second-order valence-electron chi connectivity index (χ2n) is 3.60. The van der Waals surface area contributed by atoms with Gasteiger partial charge in [-0.3, -0.25) is 4.79 Å². The van der Waals surface area contributed by atoms with E-state index in [-0.39, 0.29) is 11.9 Å². The molecule has 0 saturated carbocycles. The van der Waals surface area contributed by atoms with Crippen LogP contribution in [0.15, 0.2) is 22.7 Å². The largest absolute Gasteiger partial charge is 0.374 e. The van der Waals surface area contributed by atoms with E-state index in [0.29, 0.717) is 12.1 Å². The molecule has 1 amide bonds. The zero-order valence-electron chi connectivity index (χ0n) is 9.75. The molecule has 0 aliphatic rings. The quantitative estimate of drug-likeness (QED) is 0.895. The van der Waals surface area contributed by atoms with Crippen molar-refractivity contribution in [2.45, 2.75) is 19.9 Å². The van der Waals surface area contributed by atoms with Gasteiger partial charge in [-0.05, 0) is 32.0 Å². The fourth-order valence-corrected chi connectivity index (χ4v) is 1.87. The van der Waals surface area contributed by atoms with E-state index < -0.39 is 0 Å². The second-order valence-corrected chi connectivity index (χ2v) is 4.52. The molecule has 0 fully saturated rings. The number of carbonyl (C=O) groups is 1. The van der Waals surface area contributed by atoms with Gasteiger partial charge in [0.05, 0.1) is 11.6 Å². The van der Waals surface area contributed by atoms with Crippen LogP contribution < -0.4 is 10.6 Å². The van der Waals surface area contributed by atoms with E-state index in [1.54, 1.807) is 19.1 Å². The fourth-order valence-electron chi connectivity index (χ4n) is 1.38. The van der Waals surface area contributed by atoms with Crippen molar-refractivity contribution in [2.75, 3.05) is 11.9 Å². The average Bonchev–Trinajstić information content (AvgIpc) is 2.28. The van der Waals surface area contributed by atoms with Crippen LogP contribution in [0, 0.1) is 11.3 Å². The van der Waals surface area contributed by atoms with Crippen LogP contribution in [-0.2, 0) is 4.79 Å². The lowest BCUT2D eigenvalue weighted by Gasteiger charge is -2.15. The van der Waals surface area contributed by atoms with E-state index in [1.165, 1.54) is 0 Å². The van der Waals surface area contributed by atoms with Crippen molar-refractivity contribution in [1.82, 2.24) is 5.32 Å². The average molecular weight is 296 g/mol. The first kappa shape index (κ1) is 13.5. The summed E-state index contributed by atoms with van der Waals surface area (Å²) in [6.07, 6.45) is 0. The van der Waals surface area contributed by atoms with Gasteiger partial charge in [-0.2, -0.15) is 5.26 Å². The molecular weight excluding hydrogens is 282 g/mol. The van der Waals surface area contributed by atoms with Crippen LogP contribution in [0.3, 0.4) is 0 Å². The number of hydrogen-bond donors (Lipinski definition) is 2. The number of anilines is 1. The molecule has 1 rings (SSSR count). The monoisotopic (exact) mass is 295 g/mol. The summed E-state index contributed by atoms with van der Waals surface area (Å²) in [4.78, 5) is 11.5. The molecule has 0 aromatic heterocycles. The summed E-state index contributed by atoms with van der Waals surface area (Å²) in [7, 11) is 0. The lowest BCUT2D eigenvalue weighted by molar-refractivity contribution is -0.121. The van der Waals surface area contributed by atoms with Gasteiger partial charge in [0.2, 0.25) is 5.91 Å². The molecule has 0 saturated heterocycles. The molecule has 4 nitrogen and oxygen atoms in total. The molecular formula is C12H14BrN3O. The number of rotatable bonds is 4. The van der Waals surface area contributed by atoms with E-state index in [0.717, 1.165) is 10.2 Å². The first-order valence-corrected chi connectivity index (χ1v) is 6.11. The minimum atomic E-state index is -0.337. The third-order valence-electron chi connectivity index (χ3n) is 2.15. The van der Waals surface area contributed by atoms with Gasteiger partial charge in [0.1, 0.15) is 6.04 Å². The Bertz CT molecular complexity index is 454. The third kappa shape index (κ3) is 4.08. The molecule has 0 radical (unpaired) electrons. The van der Waals surface area contributed by atoms with E-state index in [9.17, 15) is 4.79 Å². The van der Waals surface area contributed by atoms with E-state index in [1.807, 2.05) is 13.0 Å². The Morgan fingerprint density at radius 3 is 2.82 bits per heavy atom. The molecule has 0 spiro atoms. The molecule has 90 valence electrons. The van der Waals surface area contributed by atoms with Crippen molar-refractivity contribution in [3.8, 4) is 6.07 Å². The van der Waals surface area contributed by atoms with E-state index >= 15 is 0 Å². The van der Waals surface area contributed by atoms with Gasteiger partial charge in [0, 0.05) is 16.7 Å². The summed E-state index contributed by atoms with van der Waals surface area (Å²) in [6, 6.07) is 6.99. The highest BCUT2D eigenvalue weighted by atomic mass is 79.9. The Morgan fingerprint density at radius 1 is 1.53 bits per heavy atom. The lowest BCUT2D eigenvalue weighted by Crippen LogP contribution is -2.37. The maximum Gasteiger partial charge on any atom is 0.242 e. The predicted molar refractivity (Wildman–Crippen MR) is 70.6 cm³/mol.